The monoisotopic (exact) mass is 230 g/mol. The Hall–Kier alpha value is -1.59. The molecule has 16 heavy (non-hydrogen) atoms. The number of rotatable bonds is 6. The summed E-state index contributed by atoms with van der Waals surface area (Å²) < 4.78 is 0. The van der Waals surface area contributed by atoms with Crippen molar-refractivity contribution in [3.05, 3.63) is 0 Å². The van der Waals surface area contributed by atoms with Gasteiger partial charge < -0.3 is 15.7 Å². The quantitative estimate of drug-likeness (QED) is 0.585. The highest BCUT2D eigenvalue weighted by Crippen LogP contribution is 2.07. The number of hydrogen-bond donors (Lipinski definition) is 3. The van der Waals surface area contributed by atoms with E-state index in [4.69, 9.17) is 5.11 Å². The molecule has 0 rings (SSSR count). The molecule has 0 aromatic heterocycles. The molecule has 6 nitrogen and oxygen atoms in total. The summed E-state index contributed by atoms with van der Waals surface area (Å²) in [6.07, 6.45) is 0.650. The maximum atomic E-state index is 11.3. The zero-order valence-corrected chi connectivity index (χ0v) is 9.74. The second-order valence-corrected chi connectivity index (χ2v) is 3.68. The second kappa shape index (κ2) is 6.81. The maximum Gasteiger partial charge on any atom is 0.326 e. The van der Waals surface area contributed by atoms with E-state index in [1.165, 1.54) is 6.92 Å². The Morgan fingerprint density at radius 3 is 2.25 bits per heavy atom. The topological polar surface area (TPSA) is 95.5 Å². The minimum absolute atomic E-state index is 0.154. The van der Waals surface area contributed by atoms with E-state index in [1.807, 2.05) is 6.92 Å². The third kappa shape index (κ3) is 5.33. The first kappa shape index (κ1) is 14.4. The molecule has 92 valence electrons. The summed E-state index contributed by atoms with van der Waals surface area (Å²) in [6.45, 7) is 4.68. The van der Waals surface area contributed by atoms with E-state index in [2.05, 4.69) is 10.6 Å². The van der Waals surface area contributed by atoms with E-state index < -0.39 is 17.9 Å². The van der Waals surface area contributed by atoms with Crippen LogP contribution in [-0.2, 0) is 14.4 Å². The molecule has 0 aliphatic rings. The Bertz CT molecular complexity index is 278. The maximum absolute atomic E-state index is 11.3. The lowest BCUT2D eigenvalue weighted by Gasteiger charge is -2.20. The van der Waals surface area contributed by atoms with Gasteiger partial charge in [0.1, 0.15) is 6.04 Å². The summed E-state index contributed by atoms with van der Waals surface area (Å²) in [7, 11) is 0. The second-order valence-electron chi connectivity index (χ2n) is 3.68. The number of carboxylic acid groups (broad SMARTS) is 1. The van der Waals surface area contributed by atoms with Gasteiger partial charge in [0, 0.05) is 6.92 Å². The number of carboxylic acids is 1. The smallest absolute Gasteiger partial charge is 0.326 e. The van der Waals surface area contributed by atoms with Gasteiger partial charge in [-0.15, -0.1) is 0 Å². The van der Waals surface area contributed by atoms with Gasteiger partial charge in [0.05, 0.1) is 6.54 Å². The summed E-state index contributed by atoms with van der Waals surface area (Å²) in [6, 6.07) is -0.911. The van der Waals surface area contributed by atoms with Crippen LogP contribution >= 0.6 is 0 Å². The van der Waals surface area contributed by atoms with Crippen LogP contribution in [0.25, 0.3) is 0 Å². The van der Waals surface area contributed by atoms with Gasteiger partial charge in [-0.05, 0) is 5.92 Å². The Morgan fingerprint density at radius 2 is 1.88 bits per heavy atom. The zero-order chi connectivity index (χ0) is 12.7. The SMILES string of the molecule is CCC(C)C(NC(=O)CNC(C)=O)C(=O)O. The summed E-state index contributed by atoms with van der Waals surface area (Å²) >= 11 is 0. The van der Waals surface area contributed by atoms with Crippen LogP contribution in [0.2, 0.25) is 0 Å². The summed E-state index contributed by atoms with van der Waals surface area (Å²) in [5, 5.41) is 13.6. The van der Waals surface area contributed by atoms with E-state index in [9.17, 15) is 14.4 Å². The van der Waals surface area contributed by atoms with Gasteiger partial charge in [0.2, 0.25) is 11.8 Å². The van der Waals surface area contributed by atoms with Crippen molar-refractivity contribution in [2.75, 3.05) is 6.54 Å². The molecular weight excluding hydrogens is 212 g/mol. The van der Waals surface area contributed by atoms with Gasteiger partial charge >= 0.3 is 5.97 Å². The van der Waals surface area contributed by atoms with Crippen LogP contribution in [0.4, 0.5) is 0 Å². The lowest BCUT2D eigenvalue weighted by atomic mass is 9.99. The largest absolute Gasteiger partial charge is 0.480 e. The van der Waals surface area contributed by atoms with Crippen molar-refractivity contribution in [2.24, 2.45) is 5.92 Å². The van der Waals surface area contributed by atoms with Gasteiger partial charge in [-0.3, -0.25) is 9.59 Å². The number of carbonyl (C=O) groups excluding carboxylic acids is 2. The first-order chi connectivity index (χ1) is 7.38. The van der Waals surface area contributed by atoms with Crippen molar-refractivity contribution in [1.29, 1.82) is 0 Å². The molecule has 0 heterocycles. The number of amides is 2. The number of nitrogens with one attached hydrogen (secondary N) is 2. The van der Waals surface area contributed by atoms with Crippen LogP contribution in [-0.4, -0.2) is 35.5 Å². The Kier molecular flexibility index (Phi) is 6.14. The van der Waals surface area contributed by atoms with Crippen LogP contribution in [0, 0.1) is 5.92 Å². The van der Waals surface area contributed by atoms with Crippen molar-refractivity contribution in [3.8, 4) is 0 Å². The molecule has 0 aliphatic carbocycles. The van der Waals surface area contributed by atoms with Crippen molar-refractivity contribution >= 4 is 17.8 Å². The summed E-state index contributed by atoms with van der Waals surface area (Å²) in [4.78, 5) is 32.7. The predicted octanol–water partition coefficient (Wildman–Crippen LogP) is -0.262. The molecule has 0 aliphatic heterocycles. The van der Waals surface area contributed by atoms with E-state index in [0.29, 0.717) is 6.42 Å². The molecule has 0 saturated heterocycles. The van der Waals surface area contributed by atoms with E-state index in [0.717, 1.165) is 0 Å². The predicted molar refractivity (Wildman–Crippen MR) is 57.7 cm³/mol. The van der Waals surface area contributed by atoms with Crippen LogP contribution in [0.15, 0.2) is 0 Å². The average molecular weight is 230 g/mol. The van der Waals surface area contributed by atoms with Crippen molar-refractivity contribution in [1.82, 2.24) is 10.6 Å². The van der Waals surface area contributed by atoms with Gasteiger partial charge in [0.25, 0.3) is 0 Å². The molecule has 0 saturated carbocycles. The van der Waals surface area contributed by atoms with Gasteiger partial charge in [-0.2, -0.15) is 0 Å². The third-order valence-corrected chi connectivity index (χ3v) is 2.29. The lowest BCUT2D eigenvalue weighted by molar-refractivity contribution is -0.143. The highest BCUT2D eigenvalue weighted by Gasteiger charge is 2.24. The van der Waals surface area contributed by atoms with Crippen LogP contribution < -0.4 is 10.6 Å². The molecule has 2 unspecified atom stereocenters. The molecular formula is C10H18N2O4. The number of hydrogen-bond acceptors (Lipinski definition) is 3. The standard InChI is InChI=1S/C10H18N2O4/c1-4-6(2)9(10(15)16)12-8(14)5-11-7(3)13/h6,9H,4-5H2,1-3H3,(H,11,13)(H,12,14)(H,15,16). The molecule has 0 fully saturated rings. The van der Waals surface area contributed by atoms with Gasteiger partial charge in [-0.1, -0.05) is 20.3 Å². The molecule has 0 aromatic rings. The van der Waals surface area contributed by atoms with E-state index in [-0.39, 0.29) is 18.4 Å². The first-order valence-electron chi connectivity index (χ1n) is 5.15. The van der Waals surface area contributed by atoms with Gasteiger partial charge in [-0.25, -0.2) is 4.79 Å². The summed E-state index contributed by atoms with van der Waals surface area (Å²) in [5.41, 5.74) is 0. The van der Waals surface area contributed by atoms with Crippen molar-refractivity contribution in [3.63, 3.8) is 0 Å². The van der Waals surface area contributed by atoms with Gasteiger partial charge in [0.15, 0.2) is 0 Å². The van der Waals surface area contributed by atoms with Crippen molar-refractivity contribution in [2.45, 2.75) is 33.2 Å². The minimum Gasteiger partial charge on any atom is -0.480 e. The molecule has 0 bridgehead atoms. The fourth-order valence-corrected chi connectivity index (χ4v) is 1.11. The molecule has 3 N–H and O–H groups in total. The number of carbonyl (C=O) groups is 3. The summed E-state index contributed by atoms with van der Waals surface area (Å²) in [5.74, 6) is -2.04. The van der Waals surface area contributed by atoms with Crippen molar-refractivity contribution < 1.29 is 19.5 Å². The van der Waals surface area contributed by atoms with E-state index >= 15 is 0 Å². The number of aliphatic carboxylic acids is 1. The Morgan fingerprint density at radius 1 is 1.31 bits per heavy atom. The normalized spacial score (nSPS) is 13.7. The van der Waals surface area contributed by atoms with Crippen LogP contribution in [0.5, 0.6) is 0 Å². The fraction of sp³-hybridized carbons (Fsp3) is 0.700. The highest BCUT2D eigenvalue weighted by molar-refractivity contribution is 5.87. The fourth-order valence-electron chi connectivity index (χ4n) is 1.11. The minimum atomic E-state index is -1.06. The van der Waals surface area contributed by atoms with Crippen LogP contribution in [0.3, 0.4) is 0 Å². The molecule has 0 spiro atoms. The van der Waals surface area contributed by atoms with E-state index in [1.54, 1.807) is 6.92 Å². The Labute approximate surface area is 94.4 Å². The zero-order valence-electron chi connectivity index (χ0n) is 9.74. The molecule has 0 radical (unpaired) electrons. The lowest BCUT2D eigenvalue weighted by Crippen LogP contribution is -2.48. The Balaban J connectivity index is 4.24. The molecule has 0 aromatic carbocycles. The third-order valence-electron chi connectivity index (χ3n) is 2.29. The molecule has 2 atom stereocenters. The average Bonchev–Trinajstić information content (AvgIpc) is 2.21. The molecule has 6 heteroatoms. The van der Waals surface area contributed by atoms with Crippen LogP contribution in [0.1, 0.15) is 27.2 Å². The highest BCUT2D eigenvalue weighted by atomic mass is 16.4. The first-order valence-corrected chi connectivity index (χ1v) is 5.15. The molecule has 2 amide bonds.